The van der Waals surface area contributed by atoms with Gasteiger partial charge in [-0.3, -0.25) is 14.4 Å². The number of rotatable bonds is 1. The van der Waals surface area contributed by atoms with Gasteiger partial charge in [0.2, 0.25) is 17.7 Å². The molecule has 0 saturated carbocycles. The van der Waals surface area contributed by atoms with E-state index in [0.717, 1.165) is 19.5 Å². The molecule has 0 N–H and O–H groups in total. The minimum absolute atomic E-state index is 0.0408. The molecule has 1 aromatic rings. The minimum atomic E-state index is -0.655. The number of hydrogen-bond acceptors (Lipinski definition) is 4. The Morgan fingerprint density at radius 1 is 0.964 bits per heavy atom. The number of nitrogens with zero attached hydrogens (tertiary/aromatic N) is 3. The van der Waals surface area contributed by atoms with Crippen LogP contribution in [0.3, 0.4) is 0 Å². The Kier molecular flexibility index (Phi) is 3.13. The molecular weight excluding hydrogens is 354 g/mol. The predicted octanol–water partition coefficient (Wildman–Crippen LogP) is 1.14. The molecule has 0 aromatic heterocycles. The predicted molar refractivity (Wildman–Crippen MR) is 102 cm³/mol. The molecule has 7 rings (SSSR count). The Hall–Kier alpha value is -2.47. The van der Waals surface area contributed by atoms with E-state index in [2.05, 4.69) is 18.0 Å². The topological polar surface area (TPSA) is 60.9 Å². The van der Waals surface area contributed by atoms with Crippen molar-refractivity contribution in [2.75, 3.05) is 31.6 Å². The summed E-state index contributed by atoms with van der Waals surface area (Å²) < 4.78 is 0. The fraction of sp³-hybridized carbons (Fsp3) is 0.500. The van der Waals surface area contributed by atoms with Crippen LogP contribution in [0.4, 0.5) is 5.69 Å². The average Bonchev–Trinajstić information content (AvgIpc) is 2.96. The normalized spacial score (nSPS) is 41.5. The minimum Gasteiger partial charge on any atom is -0.332 e. The van der Waals surface area contributed by atoms with Crippen molar-refractivity contribution in [3.05, 3.63) is 42.5 Å². The van der Waals surface area contributed by atoms with Crippen molar-refractivity contribution in [2.45, 2.75) is 12.0 Å². The second kappa shape index (κ2) is 5.32. The smallest absolute Gasteiger partial charge is 0.240 e. The Morgan fingerprint density at radius 2 is 1.75 bits per heavy atom. The molecule has 0 unspecified atom stereocenters. The van der Waals surface area contributed by atoms with E-state index in [-0.39, 0.29) is 23.6 Å². The molecule has 5 aliphatic heterocycles. The molecule has 6 nitrogen and oxygen atoms in total. The van der Waals surface area contributed by atoms with Gasteiger partial charge >= 0.3 is 0 Å². The maximum Gasteiger partial charge on any atom is 0.240 e. The van der Waals surface area contributed by atoms with Crippen LogP contribution < -0.4 is 4.90 Å². The summed E-state index contributed by atoms with van der Waals surface area (Å²) in [6.45, 7) is 2.53. The van der Waals surface area contributed by atoms with Crippen LogP contribution >= 0.6 is 0 Å². The first-order valence-corrected chi connectivity index (χ1v) is 10.1. The molecule has 28 heavy (non-hydrogen) atoms. The van der Waals surface area contributed by atoms with Crippen LogP contribution in [0.25, 0.3) is 0 Å². The molecule has 144 valence electrons. The van der Waals surface area contributed by atoms with E-state index in [9.17, 15) is 14.4 Å². The van der Waals surface area contributed by atoms with E-state index >= 15 is 0 Å². The van der Waals surface area contributed by atoms with Gasteiger partial charge in [0, 0.05) is 19.6 Å². The highest BCUT2D eigenvalue weighted by molar-refractivity contribution is 6.24. The molecule has 0 radical (unpaired) electrons. The van der Waals surface area contributed by atoms with Crippen molar-refractivity contribution in [1.82, 2.24) is 9.80 Å². The van der Waals surface area contributed by atoms with E-state index in [1.54, 1.807) is 12.1 Å². The van der Waals surface area contributed by atoms with Gasteiger partial charge < -0.3 is 9.80 Å². The van der Waals surface area contributed by atoms with Crippen LogP contribution in [-0.2, 0) is 14.4 Å². The monoisotopic (exact) mass is 377 g/mol. The number of carbonyl (C=O) groups is 3. The van der Waals surface area contributed by atoms with Crippen molar-refractivity contribution < 1.29 is 14.4 Å². The Bertz CT molecular complexity index is 926. The lowest BCUT2D eigenvalue weighted by Gasteiger charge is -2.64. The highest BCUT2D eigenvalue weighted by Crippen LogP contribution is 2.58. The first-order chi connectivity index (χ1) is 13.5. The second-order valence-electron chi connectivity index (χ2n) is 9.09. The Balaban J connectivity index is 1.51. The number of imide groups is 1. The van der Waals surface area contributed by atoms with Gasteiger partial charge in [0.25, 0.3) is 0 Å². The van der Waals surface area contributed by atoms with Gasteiger partial charge in [0.05, 0.1) is 29.0 Å². The first kappa shape index (κ1) is 16.5. The number of benzene rings is 1. The highest BCUT2D eigenvalue weighted by atomic mass is 16.2. The van der Waals surface area contributed by atoms with Crippen LogP contribution in [0.1, 0.15) is 6.42 Å². The number of likely N-dealkylation sites (tertiary alicyclic amines) is 1. The zero-order valence-corrected chi connectivity index (χ0v) is 15.8. The third-order valence-electron chi connectivity index (χ3n) is 7.65. The molecule has 4 bridgehead atoms. The van der Waals surface area contributed by atoms with Gasteiger partial charge in [-0.2, -0.15) is 0 Å². The largest absolute Gasteiger partial charge is 0.332 e. The third-order valence-corrected chi connectivity index (χ3v) is 7.65. The quantitative estimate of drug-likeness (QED) is 0.544. The van der Waals surface area contributed by atoms with Gasteiger partial charge in [-0.15, -0.1) is 0 Å². The van der Waals surface area contributed by atoms with Crippen LogP contribution in [0, 0.1) is 29.6 Å². The van der Waals surface area contributed by atoms with Gasteiger partial charge in [-0.05, 0) is 37.4 Å². The summed E-state index contributed by atoms with van der Waals surface area (Å²) in [4.78, 5) is 46.0. The number of para-hydroxylation sites is 1. The Labute approximate surface area is 163 Å². The number of amides is 3. The molecule has 5 heterocycles. The lowest BCUT2D eigenvalue weighted by molar-refractivity contribution is -0.176. The van der Waals surface area contributed by atoms with E-state index in [1.807, 2.05) is 29.2 Å². The molecular formula is C22H23N3O3. The molecule has 6 atom stereocenters. The van der Waals surface area contributed by atoms with Gasteiger partial charge in [-0.25, -0.2) is 4.90 Å². The van der Waals surface area contributed by atoms with E-state index in [0.29, 0.717) is 18.2 Å². The number of fused-ring (bicyclic) bond motifs is 2. The van der Waals surface area contributed by atoms with Crippen LogP contribution in [-0.4, -0.2) is 59.7 Å². The fourth-order valence-corrected chi connectivity index (χ4v) is 6.74. The maximum absolute atomic E-state index is 13.7. The first-order valence-electron chi connectivity index (χ1n) is 10.1. The summed E-state index contributed by atoms with van der Waals surface area (Å²) in [6, 6.07) is 9.13. The summed E-state index contributed by atoms with van der Waals surface area (Å²) >= 11 is 0. The second-order valence-corrected chi connectivity index (χ2v) is 9.09. The van der Waals surface area contributed by atoms with Crippen molar-refractivity contribution >= 4 is 23.4 Å². The number of anilines is 1. The lowest BCUT2D eigenvalue weighted by Crippen LogP contribution is -2.75. The molecule has 1 spiro atoms. The third kappa shape index (κ3) is 1.80. The van der Waals surface area contributed by atoms with Crippen LogP contribution in [0.5, 0.6) is 0 Å². The molecule has 4 fully saturated rings. The molecule has 6 aliphatic rings. The summed E-state index contributed by atoms with van der Waals surface area (Å²) in [6.07, 6.45) is 5.05. The molecule has 3 amide bonds. The van der Waals surface area contributed by atoms with Gasteiger partial charge in [0.15, 0.2) is 0 Å². The average molecular weight is 377 g/mol. The molecule has 6 heteroatoms. The van der Waals surface area contributed by atoms with E-state index in [4.69, 9.17) is 0 Å². The maximum atomic E-state index is 13.7. The van der Waals surface area contributed by atoms with Crippen molar-refractivity contribution in [3.8, 4) is 0 Å². The Morgan fingerprint density at radius 3 is 2.54 bits per heavy atom. The fourth-order valence-electron chi connectivity index (χ4n) is 6.74. The highest BCUT2D eigenvalue weighted by Gasteiger charge is 2.71. The van der Waals surface area contributed by atoms with Crippen molar-refractivity contribution in [2.24, 2.45) is 29.6 Å². The molecule has 1 aliphatic carbocycles. The van der Waals surface area contributed by atoms with Crippen molar-refractivity contribution in [3.63, 3.8) is 0 Å². The lowest BCUT2D eigenvalue weighted by atomic mass is 9.54. The zero-order chi connectivity index (χ0) is 19.2. The summed E-state index contributed by atoms with van der Waals surface area (Å²) in [5, 5.41) is 0. The molecule has 1 aromatic carbocycles. The summed E-state index contributed by atoms with van der Waals surface area (Å²) in [7, 11) is 2.11. The number of piperidine rings is 3. The van der Waals surface area contributed by atoms with Crippen molar-refractivity contribution in [1.29, 1.82) is 0 Å². The summed E-state index contributed by atoms with van der Waals surface area (Å²) in [5.74, 6) is -1.22. The van der Waals surface area contributed by atoms with Gasteiger partial charge in [0.1, 0.15) is 0 Å². The van der Waals surface area contributed by atoms with E-state index in [1.165, 1.54) is 4.90 Å². The SMILES string of the molecule is CN1C[C@@H]2C[C@H](C1)[C@]13C=C[C@H](C(=O)N1C2)[C@H]1C(=O)N(c2ccccc2)C(=O)[C@H]13. The van der Waals surface area contributed by atoms with Gasteiger partial charge in [-0.1, -0.05) is 30.4 Å². The van der Waals surface area contributed by atoms with E-state index < -0.39 is 23.3 Å². The van der Waals surface area contributed by atoms with Crippen LogP contribution in [0.15, 0.2) is 42.5 Å². The number of carbonyl (C=O) groups excluding carboxylic acids is 3. The number of hydrogen-bond donors (Lipinski definition) is 0. The zero-order valence-electron chi connectivity index (χ0n) is 15.8. The van der Waals surface area contributed by atoms with Crippen LogP contribution in [0.2, 0.25) is 0 Å². The standard InChI is InChI=1S/C22H23N3O3/c1-23-10-13-9-14(12-23)22-8-7-16(19(26)24(22)11-13)17-18(22)21(28)25(20(17)27)15-5-3-2-4-6-15/h2-8,13-14,16-18H,9-12H2,1H3/t13-,14+,16-,17+,18-,22-/m0/s1. The summed E-state index contributed by atoms with van der Waals surface area (Å²) in [5.41, 5.74) is -0.0473. The molecule has 4 saturated heterocycles.